The van der Waals surface area contributed by atoms with Crippen molar-refractivity contribution >= 4 is 5.91 Å². The number of hydrogen-bond donors (Lipinski definition) is 1. The SMILES string of the molecule is Cc1nccn1-c1cc(C(N)=O)ccn1. The minimum absolute atomic E-state index is 0.438. The number of amides is 1. The molecule has 76 valence electrons. The molecule has 0 atom stereocenters. The van der Waals surface area contributed by atoms with Crippen LogP contribution in [0.4, 0.5) is 0 Å². The summed E-state index contributed by atoms with van der Waals surface area (Å²) in [6.45, 7) is 1.86. The maximum absolute atomic E-state index is 11.0. The number of carbonyl (C=O) groups is 1. The second-order valence-electron chi connectivity index (χ2n) is 3.11. The zero-order chi connectivity index (χ0) is 10.8. The number of nitrogens with zero attached hydrogens (tertiary/aromatic N) is 3. The Hall–Kier alpha value is -2.17. The maximum atomic E-state index is 11.0. The molecule has 0 aliphatic carbocycles. The standard InChI is InChI=1S/C10H10N4O/c1-7-12-4-5-14(7)9-6-8(10(11)15)2-3-13-9/h2-6H,1H3,(H2,11,15). The molecule has 0 unspecified atom stereocenters. The van der Waals surface area contributed by atoms with Gasteiger partial charge in [-0.2, -0.15) is 0 Å². The van der Waals surface area contributed by atoms with Crippen molar-refractivity contribution in [3.63, 3.8) is 0 Å². The van der Waals surface area contributed by atoms with Gasteiger partial charge in [-0.1, -0.05) is 0 Å². The summed E-state index contributed by atoms with van der Waals surface area (Å²) in [6, 6.07) is 3.22. The van der Waals surface area contributed by atoms with Crippen molar-refractivity contribution in [2.24, 2.45) is 5.73 Å². The predicted octanol–water partition coefficient (Wildman–Crippen LogP) is 0.675. The quantitative estimate of drug-likeness (QED) is 0.778. The van der Waals surface area contributed by atoms with Crippen LogP contribution in [-0.2, 0) is 0 Å². The third-order valence-corrected chi connectivity index (χ3v) is 2.10. The largest absolute Gasteiger partial charge is 0.366 e. The number of rotatable bonds is 2. The summed E-state index contributed by atoms with van der Waals surface area (Å²) in [4.78, 5) is 19.2. The van der Waals surface area contributed by atoms with Crippen molar-refractivity contribution < 1.29 is 4.79 Å². The zero-order valence-electron chi connectivity index (χ0n) is 8.21. The molecule has 2 rings (SSSR count). The molecule has 0 spiro atoms. The van der Waals surface area contributed by atoms with E-state index in [1.807, 2.05) is 6.92 Å². The van der Waals surface area contributed by atoms with Gasteiger partial charge in [0, 0.05) is 24.2 Å². The van der Waals surface area contributed by atoms with Crippen molar-refractivity contribution in [1.29, 1.82) is 0 Å². The Morgan fingerprint density at radius 2 is 2.20 bits per heavy atom. The van der Waals surface area contributed by atoms with Gasteiger partial charge >= 0.3 is 0 Å². The molecule has 0 aliphatic heterocycles. The summed E-state index contributed by atoms with van der Waals surface area (Å²) in [6.07, 6.45) is 5.01. The molecule has 5 nitrogen and oxygen atoms in total. The van der Waals surface area contributed by atoms with Gasteiger partial charge in [-0.25, -0.2) is 9.97 Å². The average molecular weight is 202 g/mol. The van der Waals surface area contributed by atoms with Crippen LogP contribution in [0.15, 0.2) is 30.7 Å². The molecule has 0 bridgehead atoms. The highest BCUT2D eigenvalue weighted by Gasteiger charge is 2.05. The minimum atomic E-state index is -0.462. The summed E-state index contributed by atoms with van der Waals surface area (Å²) in [5, 5.41) is 0. The third-order valence-electron chi connectivity index (χ3n) is 2.10. The summed E-state index contributed by atoms with van der Waals surface area (Å²) in [5.41, 5.74) is 5.62. The molecule has 15 heavy (non-hydrogen) atoms. The molecular formula is C10H10N4O. The number of nitrogens with two attached hydrogens (primary N) is 1. The fraction of sp³-hybridized carbons (Fsp3) is 0.100. The van der Waals surface area contributed by atoms with Crippen LogP contribution in [0.1, 0.15) is 16.2 Å². The molecular weight excluding hydrogens is 192 g/mol. The number of aromatic nitrogens is 3. The number of primary amides is 1. The molecule has 0 saturated heterocycles. The topological polar surface area (TPSA) is 73.8 Å². The van der Waals surface area contributed by atoms with Crippen LogP contribution in [-0.4, -0.2) is 20.4 Å². The van der Waals surface area contributed by atoms with Gasteiger partial charge in [0.25, 0.3) is 0 Å². The lowest BCUT2D eigenvalue weighted by Gasteiger charge is -2.04. The van der Waals surface area contributed by atoms with E-state index in [4.69, 9.17) is 5.73 Å². The van der Waals surface area contributed by atoms with Crippen LogP contribution in [0.2, 0.25) is 0 Å². The van der Waals surface area contributed by atoms with Crippen molar-refractivity contribution in [1.82, 2.24) is 14.5 Å². The first-order valence-electron chi connectivity index (χ1n) is 4.44. The lowest BCUT2D eigenvalue weighted by molar-refractivity contribution is 0.1000. The van der Waals surface area contributed by atoms with Gasteiger partial charge in [0.05, 0.1) is 0 Å². The molecule has 1 amide bonds. The number of imidazole rings is 1. The molecule has 2 heterocycles. The Morgan fingerprint density at radius 3 is 2.80 bits per heavy atom. The highest BCUT2D eigenvalue weighted by Crippen LogP contribution is 2.08. The number of aryl methyl sites for hydroxylation is 1. The highest BCUT2D eigenvalue weighted by molar-refractivity contribution is 5.93. The minimum Gasteiger partial charge on any atom is -0.366 e. The zero-order valence-corrected chi connectivity index (χ0v) is 8.21. The second kappa shape index (κ2) is 3.53. The van der Waals surface area contributed by atoms with Gasteiger partial charge in [0.15, 0.2) is 0 Å². The van der Waals surface area contributed by atoms with Crippen molar-refractivity contribution in [2.45, 2.75) is 6.92 Å². The Bertz CT molecular complexity index is 504. The Labute approximate surface area is 86.6 Å². The highest BCUT2D eigenvalue weighted by atomic mass is 16.1. The molecule has 0 fully saturated rings. The average Bonchev–Trinajstić information content (AvgIpc) is 2.64. The summed E-state index contributed by atoms with van der Waals surface area (Å²) >= 11 is 0. The fourth-order valence-electron chi connectivity index (χ4n) is 1.32. The Kier molecular flexibility index (Phi) is 2.21. The second-order valence-corrected chi connectivity index (χ2v) is 3.11. The Balaban J connectivity index is 2.50. The first-order chi connectivity index (χ1) is 7.18. The lowest BCUT2D eigenvalue weighted by Crippen LogP contribution is -2.12. The smallest absolute Gasteiger partial charge is 0.248 e. The van der Waals surface area contributed by atoms with E-state index in [2.05, 4.69) is 9.97 Å². The van der Waals surface area contributed by atoms with Gasteiger partial charge in [-0.3, -0.25) is 9.36 Å². The van der Waals surface area contributed by atoms with Crippen LogP contribution in [0.5, 0.6) is 0 Å². The van der Waals surface area contributed by atoms with E-state index in [1.165, 1.54) is 0 Å². The van der Waals surface area contributed by atoms with E-state index >= 15 is 0 Å². The lowest BCUT2D eigenvalue weighted by atomic mass is 10.2. The molecule has 0 aromatic carbocycles. The number of hydrogen-bond acceptors (Lipinski definition) is 3. The van der Waals surface area contributed by atoms with E-state index in [9.17, 15) is 4.79 Å². The fourth-order valence-corrected chi connectivity index (χ4v) is 1.32. The summed E-state index contributed by atoms with van der Waals surface area (Å²) in [7, 11) is 0. The molecule has 2 aromatic heterocycles. The molecule has 2 aromatic rings. The number of carbonyl (C=O) groups excluding carboxylic acids is 1. The summed E-state index contributed by atoms with van der Waals surface area (Å²) in [5.74, 6) is 0.988. The van der Waals surface area contributed by atoms with E-state index < -0.39 is 5.91 Å². The normalized spacial score (nSPS) is 10.2. The predicted molar refractivity (Wildman–Crippen MR) is 54.6 cm³/mol. The first kappa shape index (κ1) is 9.39. The van der Waals surface area contributed by atoms with Gasteiger partial charge < -0.3 is 5.73 Å². The molecule has 0 aliphatic rings. The van der Waals surface area contributed by atoms with Crippen molar-refractivity contribution in [2.75, 3.05) is 0 Å². The Morgan fingerprint density at radius 1 is 1.40 bits per heavy atom. The van der Waals surface area contributed by atoms with Crippen LogP contribution >= 0.6 is 0 Å². The molecule has 2 N–H and O–H groups in total. The van der Waals surface area contributed by atoms with E-state index in [-0.39, 0.29) is 0 Å². The summed E-state index contributed by atoms with van der Waals surface area (Å²) < 4.78 is 1.78. The van der Waals surface area contributed by atoms with Crippen LogP contribution in [0, 0.1) is 6.92 Å². The van der Waals surface area contributed by atoms with Gasteiger partial charge in [0.2, 0.25) is 5.91 Å². The van der Waals surface area contributed by atoms with Crippen molar-refractivity contribution in [3.8, 4) is 5.82 Å². The van der Waals surface area contributed by atoms with Crippen LogP contribution < -0.4 is 5.73 Å². The molecule has 0 saturated carbocycles. The van der Waals surface area contributed by atoms with Crippen molar-refractivity contribution in [3.05, 3.63) is 42.1 Å². The third kappa shape index (κ3) is 1.71. The molecule has 0 radical (unpaired) electrons. The van der Waals surface area contributed by atoms with Gasteiger partial charge in [-0.15, -0.1) is 0 Å². The first-order valence-corrected chi connectivity index (χ1v) is 4.44. The molecule has 5 heteroatoms. The van der Waals surface area contributed by atoms with E-state index in [0.29, 0.717) is 11.4 Å². The maximum Gasteiger partial charge on any atom is 0.248 e. The van der Waals surface area contributed by atoms with E-state index in [0.717, 1.165) is 5.82 Å². The van der Waals surface area contributed by atoms with Crippen LogP contribution in [0.3, 0.4) is 0 Å². The van der Waals surface area contributed by atoms with E-state index in [1.54, 1.807) is 35.3 Å². The van der Waals surface area contributed by atoms with Gasteiger partial charge in [0.1, 0.15) is 11.6 Å². The van der Waals surface area contributed by atoms with Crippen LogP contribution in [0.25, 0.3) is 5.82 Å². The monoisotopic (exact) mass is 202 g/mol. The van der Waals surface area contributed by atoms with Gasteiger partial charge in [-0.05, 0) is 19.1 Å². The number of pyridine rings is 1.